The van der Waals surface area contributed by atoms with Gasteiger partial charge in [-0.25, -0.2) is 0 Å². The Kier molecular flexibility index (Phi) is 7.75. The number of nitrogens with one attached hydrogen (secondary N) is 1. The molecule has 0 unspecified atom stereocenters. The van der Waals surface area contributed by atoms with E-state index in [1.807, 2.05) is 26.4 Å². The topological polar surface area (TPSA) is 51.0 Å². The fraction of sp³-hybridized carbons (Fsp3) is 0.643. The van der Waals surface area contributed by atoms with Crippen molar-refractivity contribution in [1.82, 2.24) is 14.8 Å². The first-order valence-corrected chi connectivity index (χ1v) is 6.77. The molecule has 0 aliphatic heterocycles. The third-order valence-corrected chi connectivity index (χ3v) is 2.99. The van der Waals surface area contributed by atoms with Crippen LogP contribution in [0.25, 0.3) is 0 Å². The molecule has 114 valence electrons. The quantitative estimate of drug-likeness (QED) is 0.433. The molecule has 0 aromatic carbocycles. The van der Waals surface area contributed by atoms with Crippen LogP contribution in [-0.4, -0.2) is 63.0 Å². The van der Waals surface area contributed by atoms with Crippen molar-refractivity contribution in [2.75, 3.05) is 47.6 Å². The average molecular weight is 282 g/mol. The summed E-state index contributed by atoms with van der Waals surface area (Å²) in [7, 11) is 7.52. The highest BCUT2D eigenvalue weighted by Gasteiger charge is 2.07. The van der Waals surface area contributed by atoms with Crippen molar-refractivity contribution in [1.29, 1.82) is 0 Å². The van der Waals surface area contributed by atoms with E-state index in [1.165, 1.54) is 5.69 Å². The minimum Gasteiger partial charge on any atom is -0.382 e. The van der Waals surface area contributed by atoms with Gasteiger partial charge in [-0.05, 0) is 12.1 Å². The van der Waals surface area contributed by atoms with E-state index in [0.29, 0.717) is 19.8 Å². The Labute approximate surface area is 121 Å². The van der Waals surface area contributed by atoms with Crippen molar-refractivity contribution in [3.8, 4) is 0 Å². The number of methoxy groups -OCH3 is 1. The summed E-state index contributed by atoms with van der Waals surface area (Å²) in [6.07, 6.45) is 2.04. The lowest BCUT2D eigenvalue weighted by Gasteiger charge is -2.22. The molecule has 1 heterocycles. The van der Waals surface area contributed by atoms with Gasteiger partial charge in [0.2, 0.25) is 0 Å². The van der Waals surface area contributed by atoms with Crippen molar-refractivity contribution in [2.24, 2.45) is 12.0 Å². The number of aromatic nitrogens is 1. The standard InChI is InChI=1S/C14H26N4O2/c1-15-14(16-7-9-20-11-10-19-4)18(3)12-13-6-5-8-17(13)2/h5-6,8H,7,9-12H2,1-4H3,(H,15,16). The minimum absolute atomic E-state index is 0.621. The summed E-state index contributed by atoms with van der Waals surface area (Å²) in [6.45, 7) is 3.43. The maximum Gasteiger partial charge on any atom is 0.193 e. The number of aliphatic imine (C=N–C) groups is 1. The lowest BCUT2D eigenvalue weighted by molar-refractivity contribution is 0.0731. The normalized spacial score (nSPS) is 11.7. The van der Waals surface area contributed by atoms with Gasteiger partial charge in [0.25, 0.3) is 0 Å². The van der Waals surface area contributed by atoms with Gasteiger partial charge in [-0.1, -0.05) is 0 Å². The van der Waals surface area contributed by atoms with Crippen molar-refractivity contribution < 1.29 is 9.47 Å². The molecule has 1 N–H and O–H groups in total. The molecule has 0 aliphatic carbocycles. The number of rotatable bonds is 8. The maximum atomic E-state index is 5.41. The summed E-state index contributed by atoms with van der Waals surface area (Å²) in [4.78, 5) is 6.36. The largest absolute Gasteiger partial charge is 0.382 e. The molecule has 6 nitrogen and oxygen atoms in total. The smallest absolute Gasteiger partial charge is 0.193 e. The molecule has 1 aromatic rings. The van der Waals surface area contributed by atoms with E-state index in [9.17, 15) is 0 Å². The molecule has 0 spiro atoms. The van der Waals surface area contributed by atoms with Crippen LogP contribution in [0.2, 0.25) is 0 Å². The van der Waals surface area contributed by atoms with Gasteiger partial charge in [0, 0.05) is 46.7 Å². The Morgan fingerprint density at radius 1 is 1.40 bits per heavy atom. The van der Waals surface area contributed by atoms with Crippen molar-refractivity contribution in [3.05, 3.63) is 24.0 Å². The Morgan fingerprint density at radius 2 is 2.20 bits per heavy atom. The number of ether oxygens (including phenoxy) is 2. The zero-order chi connectivity index (χ0) is 14.8. The van der Waals surface area contributed by atoms with E-state index in [4.69, 9.17) is 9.47 Å². The monoisotopic (exact) mass is 282 g/mol. The zero-order valence-corrected chi connectivity index (χ0v) is 12.9. The van der Waals surface area contributed by atoms with Crippen molar-refractivity contribution in [3.63, 3.8) is 0 Å². The van der Waals surface area contributed by atoms with Gasteiger partial charge in [0.1, 0.15) is 0 Å². The third-order valence-electron chi connectivity index (χ3n) is 2.99. The SMILES string of the molecule is CN=C(NCCOCCOC)N(C)Cc1cccn1C. The third kappa shape index (κ3) is 5.63. The van der Waals surface area contributed by atoms with Gasteiger partial charge in [-0.2, -0.15) is 0 Å². The fourth-order valence-corrected chi connectivity index (χ4v) is 1.84. The lowest BCUT2D eigenvalue weighted by atomic mass is 10.4. The molecule has 0 saturated carbocycles. The predicted molar refractivity (Wildman–Crippen MR) is 80.9 cm³/mol. The molecular weight excluding hydrogens is 256 g/mol. The lowest BCUT2D eigenvalue weighted by Crippen LogP contribution is -2.40. The van der Waals surface area contributed by atoms with Gasteiger partial charge in [-0.15, -0.1) is 0 Å². The van der Waals surface area contributed by atoms with E-state index in [-0.39, 0.29) is 0 Å². The Bertz CT molecular complexity index is 404. The highest BCUT2D eigenvalue weighted by atomic mass is 16.5. The minimum atomic E-state index is 0.621. The first-order valence-electron chi connectivity index (χ1n) is 6.77. The fourth-order valence-electron chi connectivity index (χ4n) is 1.84. The van der Waals surface area contributed by atoms with Crippen LogP contribution in [0.3, 0.4) is 0 Å². The molecule has 0 radical (unpaired) electrons. The predicted octanol–water partition coefficient (Wildman–Crippen LogP) is 0.695. The number of aryl methyl sites for hydroxylation is 1. The molecule has 6 heteroatoms. The Hall–Kier alpha value is -1.53. The second kappa shape index (κ2) is 9.39. The maximum absolute atomic E-state index is 5.41. The Morgan fingerprint density at radius 3 is 2.80 bits per heavy atom. The van der Waals surface area contributed by atoms with Crippen LogP contribution in [0.15, 0.2) is 23.3 Å². The van der Waals surface area contributed by atoms with E-state index in [2.05, 4.69) is 25.8 Å². The van der Waals surface area contributed by atoms with Crippen LogP contribution in [0.5, 0.6) is 0 Å². The molecule has 20 heavy (non-hydrogen) atoms. The summed E-state index contributed by atoms with van der Waals surface area (Å²) < 4.78 is 12.4. The van der Waals surface area contributed by atoms with Crippen LogP contribution in [0, 0.1) is 0 Å². The van der Waals surface area contributed by atoms with Crippen LogP contribution < -0.4 is 5.32 Å². The molecule has 1 rings (SSSR count). The molecule has 0 fully saturated rings. The van der Waals surface area contributed by atoms with Gasteiger partial charge >= 0.3 is 0 Å². The molecular formula is C14H26N4O2. The van der Waals surface area contributed by atoms with Gasteiger partial charge in [-0.3, -0.25) is 4.99 Å². The molecule has 0 atom stereocenters. The van der Waals surface area contributed by atoms with Crippen LogP contribution in [-0.2, 0) is 23.1 Å². The van der Waals surface area contributed by atoms with E-state index in [0.717, 1.165) is 19.0 Å². The zero-order valence-electron chi connectivity index (χ0n) is 12.9. The van der Waals surface area contributed by atoms with Crippen molar-refractivity contribution >= 4 is 5.96 Å². The van der Waals surface area contributed by atoms with Crippen LogP contribution >= 0.6 is 0 Å². The van der Waals surface area contributed by atoms with Crippen molar-refractivity contribution in [2.45, 2.75) is 6.54 Å². The molecule has 0 bridgehead atoms. The first-order chi connectivity index (χ1) is 9.69. The summed E-state index contributed by atoms with van der Waals surface area (Å²) >= 11 is 0. The second-order valence-corrected chi connectivity index (χ2v) is 4.55. The van der Waals surface area contributed by atoms with Gasteiger partial charge in [0.15, 0.2) is 5.96 Å². The molecule has 0 aliphatic rings. The highest BCUT2D eigenvalue weighted by Crippen LogP contribution is 2.03. The number of guanidine groups is 1. The van der Waals surface area contributed by atoms with Gasteiger partial charge < -0.3 is 24.3 Å². The van der Waals surface area contributed by atoms with E-state index in [1.54, 1.807) is 14.2 Å². The molecule has 0 saturated heterocycles. The molecule has 1 aromatic heterocycles. The number of nitrogens with zero attached hydrogens (tertiary/aromatic N) is 3. The van der Waals surface area contributed by atoms with E-state index < -0.39 is 0 Å². The van der Waals surface area contributed by atoms with E-state index >= 15 is 0 Å². The summed E-state index contributed by atoms with van der Waals surface area (Å²) in [6, 6.07) is 4.15. The van der Waals surface area contributed by atoms with Crippen LogP contribution in [0.1, 0.15) is 5.69 Å². The first kappa shape index (κ1) is 16.5. The average Bonchev–Trinajstić information content (AvgIpc) is 2.83. The molecule has 0 amide bonds. The summed E-state index contributed by atoms with van der Waals surface area (Å²) in [5.74, 6) is 0.863. The van der Waals surface area contributed by atoms with Gasteiger partial charge in [0.05, 0.1) is 26.4 Å². The summed E-state index contributed by atoms with van der Waals surface area (Å²) in [5.41, 5.74) is 1.24. The Balaban J connectivity index is 2.29. The number of hydrogen-bond acceptors (Lipinski definition) is 3. The second-order valence-electron chi connectivity index (χ2n) is 4.55. The summed E-state index contributed by atoms with van der Waals surface area (Å²) in [5, 5.41) is 3.28. The van der Waals surface area contributed by atoms with Crippen LogP contribution in [0.4, 0.5) is 0 Å². The number of hydrogen-bond donors (Lipinski definition) is 1. The highest BCUT2D eigenvalue weighted by molar-refractivity contribution is 5.79.